The summed E-state index contributed by atoms with van der Waals surface area (Å²) in [5, 5.41) is -0.318. The van der Waals surface area contributed by atoms with Gasteiger partial charge in [-0.25, -0.2) is 8.42 Å². The normalized spacial score (nSPS) is 21.3. The summed E-state index contributed by atoms with van der Waals surface area (Å²) in [4.78, 5) is 12.6. The predicted molar refractivity (Wildman–Crippen MR) is 110 cm³/mol. The Labute approximate surface area is 164 Å². The number of Topliss-reactive ketones (excluding diaryl/α,β-unsaturated/α-hetero) is 1. The lowest BCUT2D eigenvalue weighted by molar-refractivity contribution is -0.123. The number of benzene rings is 1. The number of carbonyl (C=O) groups is 1. The standard InChI is InChI=1S/C22H34O4S/c1-16(2)27(24,25)15-18-6-10-19(11-7-18)21(23)14-17-8-12-20(13-9-17)26-22(3,4)5/h8-9,12-13,16,18-19H,6-7,10-11,14-15H2,1-5H3. The van der Waals surface area contributed by atoms with Crippen LogP contribution in [0.2, 0.25) is 0 Å². The third-order valence-corrected chi connectivity index (χ3v) is 7.59. The molecule has 4 nitrogen and oxygen atoms in total. The summed E-state index contributed by atoms with van der Waals surface area (Å²) in [6.07, 6.45) is 3.72. The van der Waals surface area contributed by atoms with Crippen molar-refractivity contribution < 1.29 is 17.9 Å². The molecule has 152 valence electrons. The van der Waals surface area contributed by atoms with Crippen LogP contribution in [-0.2, 0) is 21.1 Å². The second kappa shape index (κ2) is 8.76. The first-order valence-electron chi connectivity index (χ1n) is 9.98. The fraction of sp³-hybridized carbons (Fsp3) is 0.682. The van der Waals surface area contributed by atoms with Crippen molar-refractivity contribution in [2.75, 3.05) is 5.75 Å². The maximum absolute atomic E-state index is 12.6. The summed E-state index contributed by atoms with van der Waals surface area (Å²) in [5.74, 6) is 1.61. The number of rotatable bonds is 7. The second-order valence-corrected chi connectivity index (χ2v) is 11.7. The lowest BCUT2D eigenvalue weighted by Gasteiger charge is -2.28. The predicted octanol–water partition coefficient (Wildman–Crippen LogP) is 4.61. The SMILES string of the molecule is CC(C)S(=O)(=O)CC1CCC(C(=O)Cc2ccc(OC(C)(C)C)cc2)CC1. The molecule has 1 aromatic rings. The second-order valence-electron chi connectivity index (χ2n) is 9.10. The van der Waals surface area contributed by atoms with Gasteiger partial charge in [0.25, 0.3) is 0 Å². The first-order valence-corrected chi connectivity index (χ1v) is 11.7. The van der Waals surface area contributed by atoms with Crippen molar-refractivity contribution in [3.63, 3.8) is 0 Å². The number of ketones is 1. The Morgan fingerprint density at radius 2 is 1.63 bits per heavy atom. The van der Waals surface area contributed by atoms with Crippen LogP contribution in [0.25, 0.3) is 0 Å². The molecule has 0 unspecified atom stereocenters. The van der Waals surface area contributed by atoms with E-state index < -0.39 is 9.84 Å². The lowest BCUT2D eigenvalue weighted by atomic mass is 9.79. The summed E-state index contributed by atoms with van der Waals surface area (Å²) in [7, 11) is -3.00. The number of sulfone groups is 1. The van der Waals surface area contributed by atoms with Gasteiger partial charge < -0.3 is 4.74 Å². The van der Waals surface area contributed by atoms with E-state index in [1.165, 1.54) is 0 Å². The number of carbonyl (C=O) groups excluding carboxylic acids is 1. The molecular weight excluding hydrogens is 360 g/mol. The molecule has 0 N–H and O–H groups in total. The Bertz CT molecular complexity index is 719. The van der Waals surface area contributed by atoms with Gasteiger partial charge in [0.1, 0.15) is 17.1 Å². The first-order chi connectivity index (χ1) is 12.5. The van der Waals surface area contributed by atoms with E-state index in [0.717, 1.165) is 37.0 Å². The van der Waals surface area contributed by atoms with Gasteiger partial charge in [-0.3, -0.25) is 4.79 Å². The van der Waals surface area contributed by atoms with Crippen LogP contribution in [0.15, 0.2) is 24.3 Å². The molecule has 0 amide bonds. The number of ether oxygens (including phenoxy) is 1. The third-order valence-electron chi connectivity index (χ3n) is 5.21. The molecule has 1 aliphatic rings. The molecule has 1 aliphatic carbocycles. The van der Waals surface area contributed by atoms with Crippen LogP contribution in [0.3, 0.4) is 0 Å². The highest BCUT2D eigenvalue weighted by Crippen LogP contribution is 2.31. The van der Waals surface area contributed by atoms with E-state index in [0.29, 0.717) is 6.42 Å². The van der Waals surface area contributed by atoms with E-state index in [1.54, 1.807) is 13.8 Å². The van der Waals surface area contributed by atoms with E-state index >= 15 is 0 Å². The average molecular weight is 395 g/mol. The van der Waals surface area contributed by atoms with Gasteiger partial charge in [-0.2, -0.15) is 0 Å². The molecule has 0 aliphatic heterocycles. The van der Waals surface area contributed by atoms with Crippen molar-refractivity contribution in [2.45, 2.75) is 77.6 Å². The van der Waals surface area contributed by atoms with Gasteiger partial charge in [-0.15, -0.1) is 0 Å². The van der Waals surface area contributed by atoms with Gasteiger partial charge in [0.15, 0.2) is 9.84 Å². The minimum atomic E-state index is -3.00. The molecule has 1 aromatic carbocycles. The van der Waals surface area contributed by atoms with Crippen LogP contribution in [-0.4, -0.2) is 30.8 Å². The Balaban J connectivity index is 1.84. The van der Waals surface area contributed by atoms with E-state index in [1.807, 2.05) is 45.0 Å². The largest absolute Gasteiger partial charge is 0.488 e. The summed E-state index contributed by atoms with van der Waals surface area (Å²) >= 11 is 0. The summed E-state index contributed by atoms with van der Waals surface area (Å²) in [5.41, 5.74) is 0.768. The minimum absolute atomic E-state index is 0.0634. The molecule has 2 rings (SSSR count). The molecule has 27 heavy (non-hydrogen) atoms. The van der Waals surface area contributed by atoms with Gasteiger partial charge >= 0.3 is 0 Å². The summed E-state index contributed by atoms with van der Waals surface area (Å²) in [6, 6.07) is 7.75. The quantitative estimate of drug-likeness (QED) is 0.678. The molecule has 0 bridgehead atoms. The third kappa shape index (κ3) is 6.95. The minimum Gasteiger partial charge on any atom is -0.488 e. The van der Waals surface area contributed by atoms with E-state index in [4.69, 9.17) is 4.74 Å². The molecule has 0 aromatic heterocycles. The van der Waals surface area contributed by atoms with Crippen molar-refractivity contribution in [3.8, 4) is 5.75 Å². The lowest BCUT2D eigenvalue weighted by Crippen LogP contribution is -2.29. The fourth-order valence-corrected chi connectivity index (χ4v) is 4.92. The molecule has 0 heterocycles. The Hall–Kier alpha value is -1.36. The molecule has 5 heteroatoms. The van der Waals surface area contributed by atoms with Crippen LogP contribution < -0.4 is 4.74 Å². The van der Waals surface area contributed by atoms with Crippen LogP contribution >= 0.6 is 0 Å². The molecular formula is C22H34O4S. The van der Waals surface area contributed by atoms with Gasteiger partial charge in [-0.05, 0) is 83.9 Å². The molecule has 0 spiro atoms. The maximum Gasteiger partial charge on any atom is 0.152 e. The maximum atomic E-state index is 12.6. The van der Waals surface area contributed by atoms with E-state index in [9.17, 15) is 13.2 Å². The topological polar surface area (TPSA) is 60.4 Å². The van der Waals surface area contributed by atoms with Gasteiger partial charge in [0, 0.05) is 12.3 Å². The van der Waals surface area contributed by atoms with E-state index in [2.05, 4.69) is 0 Å². The Kier molecular flexibility index (Phi) is 7.12. The molecule has 0 atom stereocenters. The average Bonchev–Trinajstić information content (AvgIpc) is 2.55. The van der Waals surface area contributed by atoms with Gasteiger partial charge in [0.2, 0.25) is 0 Å². The smallest absolute Gasteiger partial charge is 0.152 e. The summed E-state index contributed by atoms with van der Waals surface area (Å²) in [6.45, 7) is 9.50. The van der Waals surface area contributed by atoms with Crippen LogP contribution in [0, 0.1) is 11.8 Å². The van der Waals surface area contributed by atoms with Crippen molar-refractivity contribution in [2.24, 2.45) is 11.8 Å². The van der Waals surface area contributed by atoms with Crippen molar-refractivity contribution >= 4 is 15.6 Å². The van der Waals surface area contributed by atoms with E-state index in [-0.39, 0.29) is 34.2 Å². The van der Waals surface area contributed by atoms with Crippen LogP contribution in [0.1, 0.15) is 65.9 Å². The molecule has 0 radical (unpaired) electrons. The molecule has 1 saturated carbocycles. The highest BCUT2D eigenvalue weighted by Gasteiger charge is 2.30. The number of hydrogen-bond acceptors (Lipinski definition) is 4. The zero-order chi connectivity index (χ0) is 20.2. The number of hydrogen-bond donors (Lipinski definition) is 0. The Morgan fingerprint density at radius 3 is 2.11 bits per heavy atom. The van der Waals surface area contributed by atoms with Crippen molar-refractivity contribution in [1.29, 1.82) is 0 Å². The summed E-state index contributed by atoms with van der Waals surface area (Å²) < 4.78 is 30.0. The van der Waals surface area contributed by atoms with Gasteiger partial charge in [0.05, 0.1) is 11.0 Å². The van der Waals surface area contributed by atoms with Crippen molar-refractivity contribution in [1.82, 2.24) is 0 Å². The van der Waals surface area contributed by atoms with Gasteiger partial charge in [-0.1, -0.05) is 12.1 Å². The zero-order valence-corrected chi connectivity index (χ0v) is 18.1. The van der Waals surface area contributed by atoms with Crippen LogP contribution in [0.4, 0.5) is 0 Å². The monoisotopic (exact) mass is 394 g/mol. The Morgan fingerprint density at radius 1 is 1.07 bits per heavy atom. The zero-order valence-electron chi connectivity index (χ0n) is 17.3. The van der Waals surface area contributed by atoms with Crippen LogP contribution in [0.5, 0.6) is 5.75 Å². The highest BCUT2D eigenvalue weighted by molar-refractivity contribution is 7.91. The van der Waals surface area contributed by atoms with Crippen molar-refractivity contribution in [3.05, 3.63) is 29.8 Å². The first kappa shape index (κ1) is 21.9. The molecule has 0 saturated heterocycles. The fourth-order valence-electron chi connectivity index (χ4n) is 3.55. The highest BCUT2D eigenvalue weighted by atomic mass is 32.2. The molecule has 1 fully saturated rings.